The highest BCUT2D eigenvalue weighted by atomic mass is 35.5. The molecule has 0 bridgehead atoms. The average molecular weight is 236 g/mol. The number of halogens is 1. The molecule has 1 aromatic carbocycles. The van der Waals surface area contributed by atoms with E-state index in [0.29, 0.717) is 5.15 Å². The van der Waals surface area contributed by atoms with Gasteiger partial charge in [-0.25, -0.2) is 0 Å². The van der Waals surface area contributed by atoms with Crippen LogP contribution in [0.2, 0.25) is 5.15 Å². The van der Waals surface area contributed by atoms with Gasteiger partial charge >= 0.3 is 0 Å². The van der Waals surface area contributed by atoms with E-state index in [-0.39, 0.29) is 5.54 Å². The monoisotopic (exact) mass is 235 g/mol. The summed E-state index contributed by atoms with van der Waals surface area (Å²) < 4.78 is 1.83. The predicted octanol–water partition coefficient (Wildman–Crippen LogP) is 2.56. The first-order chi connectivity index (χ1) is 7.62. The van der Waals surface area contributed by atoms with Crippen LogP contribution in [0.1, 0.15) is 24.8 Å². The molecule has 2 N–H and O–H groups in total. The van der Waals surface area contributed by atoms with Crippen molar-refractivity contribution in [3.63, 3.8) is 0 Å². The van der Waals surface area contributed by atoms with Crippen LogP contribution in [0.3, 0.4) is 0 Å². The van der Waals surface area contributed by atoms with Crippen molar-refractivity contribution >= 4 is 22.5 Å². The summed E-state index contributed by atoms with van der Waals surface area (Å²) in [5.74, 6) is 0. The lowest BCUT2D eigenvalue weighted by Gasteiger charge is -2.39. The maximum absolute atomic E-state index is 6.38. The van der Waals surface area contributed by atoms with Crippen LogP contribution in [0, 0.1) is 0 Å². The molecule has 0 atom stereocenters. The zero-order chi connectivity index (χ0) is 11.3. The Kier molecular flexibility index (Phi) is 2.03. The Morgan fingerprint density at radius 1 is 1.44 bits per heavy atom. The number of hydrogen-bond donors (Lipinski definition) is 1. The molecule has 3 rings (SSSR count). The summed E-state index contributed by atoms with van der Waals surface area (Å²) in [4.78, 5) is 0. The number of nitrogens with zero attached hydrogens (tertiary/aromatic N) is 2. The molecule has 0 aliphatic heterocycles. The Bertz CT molecular complexity index is 555. The SMILES string of the molecule is Cn1nc(Cl)c2cccc(C3(N)CCC3)c21. The molecule has 16 heavy (non-hydrogen) atoms. The van der Waals surface area contributed by atoms with E-state index in [1.165, 1.54) is 12.0 Å². The van der Waals surface area contributed by atoms with Gasteiger partial charge in [0, 0.05) is 18.0 Å². The van der Waals surface area contributed by atoms with Gasteiger partial charge in [0.15, 0.2) is 5.15 Å². The minimum atomic E-state index is -0.170. The molecule has 1 fully saturated rings. The second-order valence-corrected chi connectivity index (χ2v) is 4.98. The van der Waals surface area contributed by atoms with E-state index in [4.69, 9.17) is 17.3 Å². The van der Waals surface area contributed by atoms with Gasteiger partial charge in [-0.15, -0.1) is 0 Å². The fourth-order valence-corrected chi connectivity index (χ4v) is 2.79. The quantitative estimate of drug-likeness (QED) is 0.826. The molecule has 0 amide bonds. The van der Waals surface area contributed by atoms with Gasteiger partial charge in [0.05, 0.1) is 5.52 Å². The molecular weight excluding hydrogens is 222 g/mol. The smallest absolute Gasteiger partial charge is 0.158 e. The third-order valence-electron chi connectivity index (χ3n) is 3.60. The molecule has 2 aromatic rings. The van der Waals surface area contributed by atoms with Crippen molar-refractivity contribution in [3.05, 3.63) is 28.9 Å². The molecule has 0 unspecified atom stereocenters. The highest BCUT2D eigenvalue weighted by Crippen LogP contribution is 2.42. The molecule has 4 heteroatoms. The number of benzene rings is 1. The number of fused-ring (bicyclic) bond motifs is 1. The Balaban J connectivity index is 2.32. The van der Waals surface area contributed by atoms with Crippen LogP contribution in [-0.2, 0) is 12.6 Å². The average Bonchev–Trinajstić information content (AvgIpc) is 2.52. The van der Waals surface area contributed by atoms with E-state index in [1.807, 2.05) is 23.9 Å². The minimum Gasteiger partial charge on any atom is -0.321 e. The van der Waals surface area contributed by atoms with Crippen molar-refractivity contribution < 1.29 is 0 Å². The lowest BCUT2D eigenvalue weighted by atomic mass is 9.72. The summed E-state index contributed by atoms with van der Waals surface area (Å²) in [6.07, 6.45) is 3.31. The fraction of sp³-hybridized carbons (Fsp3) is 0.417. The summed E-state index contributed by atoms with van der Waals surface area (Å²) in [7, 11) is 1.92. The number of rotatable bonds is 1. The number of nitrogens with two attached hydrogens (primary N) is 1. The van der Waals surface area contributed by atoms with Crippen LogP contribution >= 0.6 is 11.6 Å². The fourth-order valence-electron chi connectivity index (χ4n) is 2.52. The Morgan fingerprint density at radius 2 is 2.19 bits per heavy atom. The Morgan fingerprint density at radius 3 is 2.81 bits per heavy atom. The first-order valence-corrected chi connectivity index (χ1v) is 5.90. The molecule has 1 aromatic heterocycles. The molecular formula is C12H14ClN3. The van der Waals surface area contributed by atoms with Gasteiger partial charge in [0.1, 0.15) is 0 Å². The minimum absolute atomic E-state index is 0.170. The molecule has 1 heterocycles. The third-order valence-corrected chi connectivity index (χ3v) is 3.88. The van der Waals surface area contributed by atoms with Gasteiger partial charge in [-0.3, -0.25) is 4.68 Å². The molecule has 1 aliphatic rings. The number of para-hydroxylation sites is 1. The van der Waals surface area contributed by atoms with Crippen molar-refractivity contribution in [2.75, 3.05) is 0 Å². The zero-order valence-corrected chi connectivity index (χ0v) is 9.96. The largest absolute Gasteiger partial charge is 0.321 e. The van der Waals surface area contributed by atoms with Crippen LogP contribution in [0.5, 0.6) is 0 Å². The normalized spacial score (nSPS) is 18.7. The number of aryl methyl sites for hydroxylation is 1. The highest BCUT2D eigenvalue weighted by molar-refractivity contribution is 6.34. The first-order valence-electron chi connectivity index (χ1n) is 5.52. The Hall–Kier alpha value is -1.06. The number of hydrogen-bond acceptors (Lipinski definition) is 2. The van der Waals surface area contributed by atoms with Gasteiger partial charge in [0.2, 0.25) is 0 Å². The van der Waals surface area contributed by atoms with Crippen LogP contribution in [0.4, 0.5) is 0 Å². The van der Waals surface area contributed by atoms with Crippen molar-refractivity contribution in [3.8, 4) is 0 Å². The van der Waals surface area contributed by atoms with E-state index in [0.717, 1.165) is 23.7 Å². The molecule has 0 saturated heterocycles. The molecule has 1 aliphatic carbocycles. The maximum atomic E-state index is 6.38. The molecule has 0 spiro atoms. The maximum Gasteiger partial charge on any atom is 0.158 e. The van der Waals surface area contributed by atoms with Crippen LogP contribution in [-0.4, -0.2) is 9.78 Å². The second kappa shape index (κ2) is 3.22. The molecule has 0 radical (unpaired) electrons. The summed E-state index contributed by atoms with van der Waals surface area (Å²) in [5, 5.41) is 5.81. The van der Waals surface area contributed by atoms with Gasteiger partial charge in [-0.05, 0) is 30.9 Å². The van der Waals surface area contributed by atoms with Gasteiger partial charge < -0.3 is 5.73 Å². The van der Waals surface area contributed by atoms with E-state index in [1.54, 1.807) is 0 Å². The summed E-state index contributed by atoms with van der Waals surface area (Å²) in [6, 6.07) is 6.11. The predicted molar refractivity (Wildman–Crippen MR) is 65.4 cm³/mol. The Labute approximate surface area is 99.2 Å². The van der Waals surface area contributed by atoms with Crippen LogP contribution < -0.4 is 5.73 Å². The first kappa shape index (κ1) is 10.1. The van der Waals surface area contributed by atoms with E-state index < -0.39 is 0 Å². The standard InChI is InChI=1S/C12H14ClN3/c1-16-10-8(11(13)15-16)4-2-5-9(10)12(14)6-3-7-12/h2,4-5H,3,6-7,14H2,1H3. The van der Waals surface area contributed by atoms with Crippen LogP contribution in [0.15, 0.2) is 18.2 Å². The van der Waals surface area contributed by atoms with Crippen molar-refractivity contribution in [1.29, 1.82) is 0 Å². The molecule has 84 valence electrons. The van der Waals surface area contributed by atoms with E-state index in [9.17, 15) is 0 Å². The summed E-state index contributed by atoms with van der Waals surface area (Å²) in [6.45, 7) is 0. The number of aromatic nitrogens is 2. The van der Waals surface area contributed by atoms with Gasteiger partial charge in [-0.1, -0.05) is 23.7 Å². The molecule has 3 nitrogen and oxygen atoms in total. The zero-order valence-electron chi connectivity index (χ0n) is 9.20. The van der Waals surface area contributed by atoms with Crippen LogP contribution in [0.25, 0.3) is 10.9 Å². The second-order valence-electron chi connectivity index (χ2n) is 4.63. The topological polar surface area (TPSA) is 43.8 Å². The van der Waals surface area contributed by atoms with Gasteiger partial charge in [0.25, 0.3) is 0 Å². The van der Waals surface area contributed by atoms with E-state index >= 15 is 0 Å². The van der Waals surface area contributed by atoms with Crippen molar-refractivity contribution in [2.24, 2.45) is 12.8 Å². The van der Waals surface area contributed by atoms with Gasteiger partial charge in [-0.2, -0.15) is 5.10 Å². The lowest BCUT2D eigenvalue weighted by molar-refractivity contribution is 0.255. The summed E-state index contributed by atoms with van der Waals surface area (Å²) in [5.41, 5.74) is 8.47. The molecule has 1 saturated carbocycles. The third kappa shape index (κ3) is 1.22. The van der Waals surface area contributed by atoms with E-state index in [2.05, 4.69) is 11.2 Å². The lowest BCUT2D eigenvalue weighted by Crippen LogP contribution is -2.43. The van der Waals surface area contributed by atoms with Crippen molar-refractivity contribution in [2.45, 2.75) is 24.8 Å². The summed E-state index contributed by atoms with van der Waals surface area (Å²) >= 11 is 6.09. The highest BCUT2D eigenvalue weighted by Gasteiger charge is 2.36. The van der Waals surface area contributed by atoms with Crippen molar-refractivity contribution in [1.82, 2.24) is 9.78 Å².